The molecule has 0 radical (unpaired) electrons. The van der Waals surface area contributed by atoms with Crippen molar-refractivity contribution in [1.29, 1.82) is 0 Å². The second kappa shape index (κ2) is 4.40. The highest BCUT2D eigenvalue weighted by molar-refractivity contribution is 6.06. The predicted molar refractivity (Wildman–Crippen MR) is 79.5 cm³/mol. The molecule has 24 heavy (non-hydrogen) atoms. The fourth-order valence-electron chi connectivity index (χ4n) is 4.68. The highest BCUT2D eigenvalue weighted by atomic mass is 16.6. The van der Waals surface area contributed by atoms with Crippen molar-refractivity contribution in [3.05, 3.63) is 40.2 Å². The lowest BCUT2D eigenvalue weighted by Gasteiger charge is -2.37. The molecule has 4 aliphatic carbocycles. The number of hydrogen-bond acceptors (Lipinski definition) is 6. The fourth-order valence-corrected chi connectivity index (χ4v) is 4.68. The Hall–Kier alpha value is -2.77. The van der Waals surface area contributed by atoms with Gasteiger partial charge in [-0.05, 0) is 36.2 Å². The van der Waals surface area contributed by atoms with Crippen LogP contribution in [-0.2, 0) is 9.59 Å². The third kappa shape index (κ3) is 1.65. The second-order valence-corrected chi connectivity index (χ2v) is 6.82. The number of carbonyl (C=O) groups is 2. The zero-order valence-corrected chi connectivity index (χ0v) is 12.4. The molecule has 8 nitrogen and oxygen atoms in total. The van der Waals surface area contributed by atoms with Gasteiger partial charge >= 0.3 is 5.88 Å². The number of nitro groups is 1. The lowest BCUT2D eigenvalue weighted by Crippen LogP contribution is -2.40. The summed E-state index contributed by atoms with van der Waals surface area (Å²) in [6.45, 7) is 0. The van der Waals surface area contributed by atoms with Gasteiger partial charge in [-0.25, -0.2) is 0 Å². The molecule has 6 rings (SSSR count). The van der Waals surface area contributed by atoms with Crippen molar-refractivity contribution in [1.82, 2.24) is 5.01 Å². The Labute approximate surface area is 135 Å². The van der Waals surface area contributed by atoms with Gasteiger partial charge in [-0.15, -0.1) is 0 Å². The van der Waals surface area contributed by atoms with E-state index in [4.69, 9.17) is 4.42 Å². The highest BCUT2D eigenvalue weighted by Crippen LogP contribution is 2.65. The third-order valence-electron chi connectivity index (χ3n) is 5.73. The third-order valence-corrected chi connectivity index (χ3v) is 5.73. The van der Waals surface area contributed by atoms with E-state index in [0.717, 1.165) is 11.4 Å². The maximum atomic E-state index is 12.7. The van der Waals surface area contributed by atoms with E-state index in [2.05, 4.69) is 17.3 Å². The second-order valence-electron chi connectivity index (χ2n) is 6.82. The van der Waals surface area contributed by atoms with Crippen LogP contribution in [0.2, 0.25) is 0 Å². The van der Waals surface area contributed by atoms with E-state index in [1.807, 2.05) is 0 Å². The largest absolute Gasteiger partial charge is 0.433 e. The van der Waals surface area contributed by atoms with E-state index in [1.165, 1.54) is 18.3 Å². The van der Waals surface area contributed by atoms with Crippen molar-refractivity contribution >= 4 is 23.9 Å². The van der Waals surface area contributed by atoms with Crippen molar-refractivity contribution in [2.24, 2.45) is 40.6 Å². The van der Waals surface area contributed by atoms with Gasteiger partial charge in [-0.1, -0.05) is 12.2 Å². The lowest BCUT2D eigenvalue weighted by molar-refractivity contribution is -0.402. The van der Waals surface area contributed by atoms with E-state index >= 15 is 0 Å². The maximum Gasteiger partial charge on any atom is 0.433 e. The molecule has 0 spiro atoms. The van der Waals surface area contributed by atoms with Gasteiger partial charge in [0.2, 0.25) is 0 Å². The van der Waals surface area contributed by atoms with Gasteiger partial charge in [-0.3, -0.25) is 19.7 Å². The van der Waals surface area contributed by atoms with E-state index in [0.29, 0.717) is 11.8 Å². The summed E-state index contributed by atoms with van der Waals surface area (Å²) in [7, 11) is 0. The normalized spacial score (nSPS) is 38.8. The Bertz CT molecular complexity index is 805. The van der Waals surface area contributed by atoms with Crippen molar-refractivity contribution in [3.63, 3.8) is 0 Å². The first kappa shape index (κ1) is 13.6. The van der Waals surface area contributed by atoms with Gasteiger partial charge in [0.15, 0.2) is 5.76 Å². The molecule has 0 unspecified atom stereocenters. The number of hydrogen-bond donors (Lipinski definition) is 0. The summed E-state index contributed by atoms with van der Waals surface area (Å²) in [6.07, 6.45) is 6.47. The van der Waals surface area contributed by atoms with Crippen molar-refractivity contribution < 1.29 is 18.9 Å². The monoisotopic (exact) mass is 327 g/mol. The number of furan rings is 1. The van der Waals surface area contributed by atoms with Crippen LogP contribution >= 0.6 is 0 Å². The van der Waals surface area contributed by atoms with Gasteiger partial charge in [0.1, 0.15) is 4.92 Å². The number of carbonyl (C=O) groups excluding carboxylic acids is 2. The highest BCUT2D eigenvalue weighted by Gasteiger charge is 2.67. The number of imide groups is 1. The first-order valence-electron chi connectivity index (χ1n) is 7.90. The molecule has 1 aromatic heterocycles. The number of amides is 2. The molecular weight excluding hydrogens is 314 g/mol. The Kier molecular flexibility index (Phi) is 2.50. The van der Waals surface area contributed by atoms with E-state index in [1.54, 1.807) is 0 Å². The Morgan fingerprint density at radius 1 is 1.17 bits per heavy atom. The van der Waals surface area contributed by atoms with Crippen molar-refractivity contribution in [2.45, 2.75) is 6.42 Å². The number of hydrazone groups is 1. The molecule has 122 valence electrons. The molecule has 2 bridgehead atoms. The predicted octanol–water partition coefficient (Wildman–Crippen LogP) is 1.57. The first-order chi connectivity index (χ1) is 11.6. The summed E-state index contributed by atoms with van der Waals surface area (Å²) in [4.78, 5) is 35.3. The molecular formula is C16H13N3O5. The van der Waals surface area contributed by atoms with Crippen LogP contribution < -0.4 is 0 Å². The summed E-state index contributed by atoms with van der Waals surface area (Å²) in [5, 5.41) is 15.5. The van der Waals surface area contributed by atoms with Crippen LogP contribution in [0.3, 0.4) is 0 Å². The van der Waals surface area contributed by atoms with Crippen LogP contribution in [0.5, 0.6) is 0 Å². The summed E-state index contributed by atoms with van der Waals surface area (Å²) < 4.78 is 4.96. The standard InChI is InChI=1S/C16H13N3O5/c20-15-13-8-2-3-9(11-5-10(8)11)14(13)16(21)18(15)17-6-7-1-4-12(24-7)19(22)23/h1-4,6,8-11,13-14H,5H2/b17-6+/t8-,9-,10-,11-,13-,14+/m1/s1. The van der Waals surface area contributed by atoms with Crippen LogP contribution in [0, 0.1) is 45.6 Å². The van der Waals surface area contributed by atoms with Crippen LogP contribution in [0.4, 0.5) is 5.88 Å². The van der Waals surface area contributed by atoms with Crippen LogP contribution in [0.15, 0.2) is 33.8 Å². The van der Waals surface area contributed by atoms with E-state index < -0.39 is 10.8 Å². The van der Waals surface area contributed by atoms with E-state index in [9.17, 15) is 19.7 Å². The Morgan fingerprint density at radius 2 is 1.79 bits per heavy atom. The molecule has 0 N–H and O–H groups in total. The molecule has 1 aromatic rings. The average Bonchev–Trinajstić information content (AvgIpc) is 3.20. The van der Waals surface area contributed by atoms with Gasteiger partial charge in [0.25, 0.3) is 11.8 Å². The Balaban J connectivity index is 1.42. The molecule has 2 amide bonds. The zero-order chi connectivity index (χ0) is 16.6. The zero-order valence-electron chi connectivity index (χ0n) is 12.4. The molecule has 5 aliphatic rings. The maximum absolute atomic E-state index is 12.7. The molecule has 1 aliphatic heterocycles. The molecule has 2 heterocycles. The minimum Gasteiger partial charge on any atom is -0.400 e. The SMILES string of the molecule is O=C1[C@@H]2[C@@H]3C=C[C@H]([C@H]4C[C@H]34)[C@@H]2C(=O)N1/N=C/c1ccc([N+](=O)[O-])o1. The number of nitrogens with zero attached hydrogens (tertiary/aromatic N) is 3. The number of rotatable bonds is 3. The van der Waals surface area contributed by atoms with Crippen molar-refractivity contribution in [3.8, 4) is 0 Å². The molecule has 2 saturated carbocycles. The van der Waals surface area contributed by atoms with Crippen LogP contribution in [0.25, 0.3) is 0 Å². The topological polar surface area (TPSA) is 106 Å². The van der Waals surface area contributed by atoms with Crippen LogP contribution in [-0.4, -0.2) is 28.0 Å². The molecule has 0 aromatic carbocycles. The fraction of sp³-hybridized carbons (Fsp3) is 0.438. The minimum absolute atomic E-state index is 0.126. The number of allylic oxidation sites excluding steroid dienone is 2. The molecule has 3 fully saturated rings. The quantitative estimate of drug-likeness (QED) is 0.275. The minimum atomic E-state index is -0.659. The van der Waals surface area contributed by atoms with Gasteiger partial charge in [0.05, 0.1) is 24.1 Å². The Morgan fingerprint density at radius 3 is 2.33 bits per heavy atom. The van der Waals surface area contributed by atoms with Crippen molar-refractivity contribution in [2.75, 3.05) is 0 Å². The molecule has 6 atom stereocenters. The summed E-state index contributed by atoms with van der Waals surface area (Å²) in [5.41, 5.74) is 0. The van der Waals surface area contributed by atoms with Gasteiger partial charge < -0.3 is 4.42 Å². The van der Waals surface area contributed by atoms with E-state index in [-0.39, 0.29) is 41.2 Å². The smallest absolute Gasteiger partial charge is 0.400 e. The van der Waals surface area contributed by atoms with Crippen LogP contribution in [0.1, 0.15) is 12.2 Å². The lowest BCUT2D eigenvalue weighted by atomic mass is 9.63. The summed E-state index contributed by atoms with van der Waals surface area (Å²) >= 11 is 0. The van der Waals surface area contributed by atoms with Gasteiger partial charge in [-0.2, -0.15) is 10.1 Å². The van der Waals surface area contributed by atoms with Gasteiger partial charge in [0, 0.05) is 0 Å². The summed E-state index contributed by atoms with van der Waals surface area (Å²) in [6, 6.07) is 2.58. The summed E-state index contributed by atoms with van der Waals surface area (Å²) in [5.74, 6) is -0.0765. The first-order valence-corrected chi connectivity index (χ1v) is 7.90. The molecule has 8 heteroatoms. The molecule has 1 saturated heterocycles. The average molecular weight is 327 g/mol.